The lowest BCUT2D eigenvalue weighted by Crippen LogP contribution is -2.32. The third-order valence-corrected chi connectivity index (χ3v) is 4.61. The van der Waals surface area contributed by atoms with Crippen LogP contribution >= 0.6 is 11.6 Å². The first-order valence-corrected chi connectivity index (χ1v) is 9.39. The Hall–Kier alpha value is -2.53. The lowest BCUT2D eigenvalue weighted by atomic mass is 10.1. The van der Waals surface area contributed by atoms with Crippen LogP contribution in [-0.2, 0) is 16.1 Å². The summed E-state index contributed by atoms with van der Waals surface area (Å²) < 4.78 is 5.61. The number of hydrogen-bond acceptors (Lipinski definition) is 3. The first-order valence-electron chi connectivity index (χ1n) is 9.01. The molecule has 1 atom stereocenters. The standard InChI is InChI=1S/C21H23ClN2O3/c1-14(2)27-19-8-6-15(7-9-19)12-23-21(26)16-10-20(25)24(13-16)18-5-3-4-17(22)11-18/h3-9,11,14,16H,10,12-13H2,1-2H3,(H,23,26)/t16-/m1/s1. The Morgan fingerprint density at radius 2 is 2.00 bits per heavy atom. The molecule has 27 heavy (non-hydrogen) atoms. The van der Waals surface area contributed by atoms with Gasteiger partial charge in [-0.2, -0.15) is 0 Å². The quantitative estimate of drug-likeness (QED) is 0.821. The van der Waals surface area contributed by atoms with Crippen molar-refractivity contribution in [1.82, 2.24) is 5.32 Å². The molecule has 3 rings (SSSR count). The second-order valence-electron chi connectivity index (χ2n) is 6.91. The van der Waals surface area contributed by atoms with Gasteiger partial charge in [0.05, 0.1) is 12.0 Å². The van der Waals surface area contributed by atoms with E-state index in [1.54, 1.807) is 23.1 Å². The Morgan fingerprint density at radius 1 is 1.26 bits per heavy atom. The molecule has 6 heteroatoms. The van der Waals surface area contributed by atoms with Crippen LogP contribution in [-0.4, -0.2) is 24.5 Å². The van der Waals surface area contributed by atoms with Gasteiger partial charge < -0.3 is 15.0 Å². The normalized spacial score (nSPS) is 16.7. The second kappa shape index (κ2) is 8.44. The van der Waals surface area contributed by atoms with Gasteiger partial charge in [0, 0.05) is 30.2 Å². The molecule has 0 aliphatic carbocycles. The van der Waals surface area contributed by atoms with Gasteiger partial charge in [-0.25, -0.2) is 0 Å². The van der Waals surface area contributed by atoms with E-state index < -0.39 is 0 Å². The summed E-state index contributed by atoms with van der Waals surface area (Å²) in [6.07, 6.45) is 0.331. The molecule has 0 aromatic heterocycles. The van der Waals surface area contributed by atoms with E-state index in [0.717, 1.165) is 17.0 Å². The predicted octanol–water partition coefficient (Wildman–Crippen LogP) is 3.80. The monoisotopic (exact) mass is 386 g/mol. The molecule has 2 aromatic carbocycles. The molecule has 1 aliphatic rings. The molecule has 0 bridgehead atoms. The van der Waals surface area contributed by atoms with E-state index in [9.17, 15) is 9.59 Å². The molecule has 1 saturated heterocycles. The van der Waals surface area contributed by atoms with Crippen LogP contribution in [0.1, 0.15) is 25.8 Å². The van der Waals surface area contributed by atoms with Gasteiger partial charge in [-0.15, -0.1) is 0 Å². The molecule has 142 valence electrons. The minimum absolute atomic E-state index is 0.0624. The summed E-state index contributed by atoms with van der Waals surface area (Å²) in [4.78, 5) is 26.4. The molecule has 0 spiro atoms. The summed E-state index contributed by atoms with van der Waals surface area (Å²) in [5, 5.41) is 3.49. The molecule has 1 N–H and O–H groups in total. The molecule has 2 amide bonds. The second-order valence-corrected chi connectivity index (χ2v) is 7.35. The van der Waals surface area contributed by atoms with Crippen LogP contribution in [0.25, 0.3) is 0 Å². The lowest BCUT2D eigenvalue weighted by molar-refractivity contribution is -0.126. The van der Waals surface area contributed by atoms with Crippen LogP contribution in [0.3, 0.4) is 0 Å². The third kappa shape index (κ3) is 5.01. The number of carbonyl (C=O) groups excluding carboxylic acids is 2. The Labute approximate surface area is 164 Å². The van der Waals surface area contributed by atoms with E-state index in [1.807, 2.05) is 44.2 Å². The van der Waals surface area contributed by atoms with Crippen LogP contribution < -0.4 is 15.0 Å². The molecule has 2 aromatic rings. The molecule has 0 radical (unpaired) electrons. The minimum atomic E-state index is -0.361. The van der Waals surface area contributed by atoms with Gasteiger partial charge in [0.25, 0.3) is 0 Å². The largest absolute Gasteiger partial charge is 0.491 e. The number of halogens is 1. The van der Waals surface area contributed by atoms with Crippen LogP contribution in [0.4, 0.5) is 5.69 Å². The zero-order chi connectivity index (χ0) is 19.4. The van der Waals surface area contributed by atoms with Crippen molar-refractivity contribution in [3.63, 3.8) is 0 Å². The highest BCUT2D eigenvalue weighted by Gasteiger charge is 2.35. The van der Waals surface area contributed by atoms with Crippen molar-refractivity contribution < 1.29 is 14.3 Å². The van der Waals surface area contributed by atoms with Gasteiger partial charge in [-0.1, -0.05) is 29.8 Å². The summed E-state index contributed by atoms with van der Waals surface area (Å²) in [5.74, 6) is 0.265. The Morgan fingerprint density at radius 3 is 2.67 bits per heavy atom. The number of amides is 2. The van der Waals surface area contributed by atoms with E-state index in [4.69, 9.17) is 16.3 Å². The minimum Gasteiger partial charge on any atom is -0.491 e. The Bertz CT molecular complexity index is 820. The van der Waals surface area contributed by atoms with Crippen molar-refractivity contribution >= 4 is 29.1 Å². The number of rotatable bonds is 6. The number of nitrogens with one attached hydrogen (secondary N) is 1. The van der Waals surface area contributed by atoms with E-state index in [1.165, 1.54) is 0 Å². The number of nitrogens with zero attached hydrogens (tertiary/aromatic N) is 1. The number of hydrogen-bond donors (Lipinski definition) is 1. The summed E-state index contributed by atoms with van der Waals surface area (Å²) in [7, 11) is 0. The highest BCUT2D eigenvalue weighted by atomic mass is 35.5. The van der Waals surface area contributed by atoms with Gasteiger partial charge in [-0.05, 0) is 49.7 Å². The van der Waals surface area contributed by atoms with Crippen LogP contribution in [0.15, 0.2) is 48.5 Å². The van der Waals surface area contributed by atoms with Gasteiger partial charge in [0.1, 0.15) is 5.75 Å². The van der Waals surface area contributed by atoms with Crippen LogP contribution in [0.2, 0.25) is 5.02 Å². The number of benzene rings is 2. The molecular formula is C21H23ClN2O3. The summed E-state index contributed by atoms with van der Waals surface area (Å²) in [6.45, 7) is 4.74. The Kier molecular flexibility index (Phi) is 6.01. The summed E-state index contributed by atoms with van der Waals surface area (Å²) in [6, 6.07) is 14.7. The molecule has 0 unspecified atom stereocenters. The maximum atomic E-state index is 12.5. The maximum Gasteiger partial charge on any atom is 0.227 e. The molecule has 0 saturated carbocycles. The van der Waals surface area contributed by atoms with E-state index >= 15 is 0 Å². The van der Waals surface area contributed by atoms with Crippen molar-refractivity contribution in [1.29, 1.82) is 0 Å². The van der Waals surface area contributed by atoms with Crippen molar-refractivity contribution in [2.45, 2.75) is 32.9 Å². The van der Waals surface area contributed by atoms with E-state index in [-0.39, 0.29) is 30.3 Å². The zero-order valence-electron chi connectivity index (χ0n) is 15.4. The third-order valence-electron chi connectivity index (χ3n) is 4.38. The average Bonchev–Trinajstić information content (AvgIpc) is 3.02. The lowest BCUT2D eigenvalue weighted by Gasteiger charge is -2.17. The van der Waals surface area contributed by atoms with Crippen molar-refractivity contribution in [2.75, 3.05) is 11.4 Å². The SMILES string of the molecule is CC(C)Oc1ccc(CNC(=O)[C@@H]2CC(=O)N(c3cccc(Cl)c3)C2)cc1. The first-order chi connectivity index (χ1) is 12.9. The molecule has 1 heterocycles. The molecule has 1 fully saturated rings. The summed E-state index contributed by atoms with van der Waals surface area (Å²) in [5.41, 5.74) is 1.71. The fourth-order valence-corrected chi connectivity index (χ4v) is 3.25. The summed E-state index contributed by atoms with van der Waals surface area (Å²) >= 11 is 6.00. The number of carbonyl (C=O) groups is 2. The zero-order valence-corrected chi connectivity index (χ0v) is 16.2. The number of anilines is 1. The van der Waals surface area contributed by atoms with Crippen molar-refractivity contribution in [3.05, 3.63) is 59.1 Å². The average molecular weight is 387 g/mol. The van der Waals surface area contributed by atoms with Gasteiger partial charge in [-0.3, -0.25) is 9.59 Å². The van der Waals surface area contributed by atoms with Crippen LogP contribution in [0.5, 0.6) is 5.75 Å². The highest BCUT2D eigenvalue weighted by Crippen LogP contribution is 2.27. The molecule has 5 nitrogen and oxygen atoms in total. The number of ether oxygens (including phenoxy) is 1. The first kappa shape index (κ1) is 19.2. The van der Waals surface area contributed by atoms with Gasteiger partial charge >= 0.3 is 0 Å². The van der Waals surface area contributed by atoms with E-state index in [0.29, 0.717) is 18.1 Å². The molecular weight excluding hydrogens is 364 g/mol. The predicted molar refractivity (Wildman–Crippen MR) is 106 cm³/mol. The highest BCUT2D eigenvalue weighted by molar-refractivity contribution is 6.31. The Balaban J connectivity index is 1.55. The van der Waals surface area contributed by atoms with Crippen molar-refractivity contribution in [3.8, 4) is 5.75 Å². The van der Waals surface area contributed by atoms with Crippen molar-refractivity contribution in [2.24, 2.45) is 5.92 Å². The smallest absolute Gasteiger partial charge is 0.227 e. The van der Waals surface area contributed by atoms with E-state index in [2.05, 4.69) is 5.32 Å². The molecule has 1 aliphatic heterocycles. The van der Waals surface area contributed by atoms with Gasteiger partial charge in [0.2, 0.25) is 11.8 Å². The topological polar surface area (TPSA) is 58.6 Å². The fourth-order valence-electron chi connectivity index (χ4n) is 3.07. The van der Waals surface area contributed by atoms with Gasteiger partial charge in [0.15, 0.2) is 0 Å². The maximum absolute atomic E-state index is 12.5. The fraction of sp³-hybridized carbons (Fsp3) is 0.333. The van der Waals surface area contributed by atoms with Crippen LogP contribution in [0, 0.1) is 5.92 Å².